The third-order valence-corrected chi connectivity index (χ3v) is 2.90. The molecule has 2 rings (SSSR count). The second-order valence-corrected chi connectivity index (χ2v) is 5.30. The maximum Gasteiger partial charge on any atom is 0.312 e. The summed E-state index contributed by atoms with van der Waals surface area (Å²) in [6, 6.07) is 2.28. The molecule has 15 heavy (non-hydrogen) atoms. The van der Waals surface area contributed by atoms with Gasteiger partial charge in [-0.25, -0.2) is 4.98 Å². The van der Waals surface area contributed by atoms with Gasteiger partial charge in [0.15, 0.2) is 12.0 Å². The molecule has 1 aromatic carbocycles. The number of fused-ring (bicyclic) bond motifs is 1. The van der Waals surface area contributed by atoms with Gasteiger partial charge >= 0.3 is 10.2 Å². The fourth-order valence-electron chi connectivity index (χ4n) is 1.17. The van der Waals surface area contributed by atoms with Crippen molar-refractivity contribution < 1.29 is 23.8 Å². The van der Waals surface area contributed by atoms with E-state index < -0.39 is 20.6 Å². The van der Waals surface area contributed by atoms with Crippen LogP contribution in [0.25, 0.3) is 11.1 Å². The highest BCUT2D eigenvalue weighted by Gasteiger charge is 2.66. The summed E-state index contributed by atoms with van der Waals surface area (Å²) in [6.07, 6.45) is 0.692. The third kappa shape index (κ3) is 1.76. The van der Waals surface area contributed by atoms with E-state index in [-0.39, 0.29) is 5.58 Å². The minimum absolute atomic E-state index is 0.298. The van der Waals surface area contributed by atoms with Crippen molar-refractivity contribution in [2.75, 3.05) is 0 Å². The largest absolute Gasteiger partial charge is 0.443 e. The SMILES string of the molecule is FS(F)(F)(F)(F)c1cccc2ocnc12. The molecule has 8 heteroatoms. The molecule has 0 aliphatic rings. The van der Waals surface area contributed by atoms with E-state index in [1.807, 2.05) is 0 Å². The van der Waals surface area contributed by atoms with Crippen LogP contribution in [0.5, 0.6) is 0 Å². The lowest BCUT2D eigenvalue weighted by molar-refractivity contribution is 0.365. The molecule has 0 atom stereocenters. The van der Waals surface area contributed by atoms with E-state index >= 15 is 0 Å². The van der Waals surface area contributed by atoms with Crippen molar-refractivity contribution in [1.82, 2.24) is 4.98 Å². The summed E-state index contributed by atoms with van der Waals surface area (Å²) >= 11 is 0. The highest BCUT2D eigenvalue weighted by atomic mass is 32.5. The number of aromatic nitrogens is 1. The molecule has 0 saturated carbocycles. The van der Waals surface area contributed by atoms with E-state index in [4.69, 9.17) is 0 Å². The highest BCUT2D eigenvalue weighted by molar-refractivity contribution is 8.46. The molecule has 0 bridgehead atoms. The number of nitrogens with zero attached hydrogens (tertiary/aromatic N) is 1. The Morgan fingerprint density at radius 1 is 1.07 bits per heavy atom. The van der Waals surface area contributed by atoms with Crippen LogP contribution in [0.4, 0.5) is 19.4 Å². The molecule has 0 N–H and O–H groups in total. The molecule has 1 heterocycles. The lowest BCUT2D eigenvalue weighted by Gasteiger charge is -2.40. The van der Waals surface area contributed by atoms with Gasteiger partial charge in [0.25, 0.3) is 0 Å². The van der Waals surface area contributed by atoms with Gasteiger partial charge in [-0.2, -0.15) is 0 Å². The van der Waals surface area contributed by atoms with Crippen molar-refractivity contribution in [2.45, 2.75) is 4.90 Å². The van der Waals surface area contributed by atoms with Crippen LogP contribution in [0.3, 0.4) is 0 Å². The molecule has 0 aliphatic heterocycles. The summed E-state index contributed by atoms with van der Waals surface area (Å²) in [5.41, 5.74) is -1.18. The van der Waals surface area contributed by atoms with Crippen LogP contribution < -0.4 is 0 Å². The van der Waals surface area contributed by atoms with Crippen LogP contribution in [0.2, 0.25) is 0 Å². The standard InChI is InChI=1S/C7H4F5NOS/c8-15(9,10,11,12)6-3-1-2-5-7(6)13-4-14-5/h1-4H. The Balaban J connectivity index is 2.90. The summed E-state index contributed by atoms with van der Waals surface area (Å²) in [5, 5.41) is 0. The lowest BCUT2D eigenvalue weighted by Crippen LogP contribution is -2.06. The van der Waals surface area contributed by atoms with E-state index in [0.29, 0.717) is 12.5 Å². The number of para-hydroxylation sites is 1. The number of hydrogen-bond acceptors (Lipinski definition) is 2. The van der Waals surface area contributed by atoms with E-state index in [2.05, 4.69) is 9.40 Å². The number of oxazole rings is 1. The first-order valence-corrected chi connectivity index (χ1v) is 5.59. The summed E-state index contributed by atoms with van der Waals surface area (Å²) in [6.45, 7) is 0. The summed E-state index contributed by atoms with van der Waals surface area (Å²) in [7, 11) is -9.69. The van der Waals surface area contributed by atoms with Crippen LogP contribution in [0.1, 0.15) is 0 Å². The minimum Gasteiger partial charge on any atom is -0.443 e. The first-order valence-electron chi connectivity index (χ1n) is 3.64. The second kappa shape index (κ2) is 2.11. The topological polar surface area (TPSA) is 26.0 Å². The van der Waals surface area contributed by atoms with Gasteiger partial charge in [-0.15, -0.1) is 0 Å². The first kappa shape index (κ1) is 10.2. The molecule has 0 saturated heterocycles. The molecule has 0 unspecified atom stereocenters. The van der Waals surface area contributed by atoms with Gasteiger partial charge in [-0.1, -0.05) is 25.5 Å². The summed E-state index contributed by atoms with van der Waals surface area (Å²) in [5.74, 6) is 0. The van der Waals surface area contributed by atoms with Gasteiger partial charge in [-0.3, -0.25) is 0 Å². The monoisotopic (exact) mass is 245 g/mol. The van der Waals surface area contributed by atoms with Gasteiger partial charge in [0.05, 0.1) is 0 Å². The Hall–Kier alpha value is -1.31. The van der Waals surface area contributed by atoms with Gasteiger partial charge in [0, 0.05) is 0 Å². The van der Waals surface area contributed by atoms with Crippen LogP contribution in [0.15, 0.2) is 33.9 Å². The molecule has 2 aromatic rings. The molecule has 0 spiro atoms. The van der Waals surface area contributed by atoms with Crippen molar-refractivity contribution in [3.8, 4) is 0 Å². The molecule has 84 valence electrons. The van der Waals surface area contributed by atoms with E-state index in [0.717, 1.165) is 12.1 Å². The van der Waals surface area contributed by atoms with Gasteiger partial charge in [0.2, 0.25) is 0 Å². The van der Waals surface area contributed by atoms with Crippen LogP contribution in [-0.2, 0) is 0 Å². The molecular weight excluding hydrogens is 241 g/mol. The molecule has 0 fully saturated rings. The number of halogens is 5. The minimum atomic E-state index is -9.69. The zero-order valence-corrected chi connectivity index (χ0v) is 7.78. The maximum absolute atomic E-state index is 12.5. The molecule has 0 radical (unpaired) electrons. The fourth-order valence-corrected chi connectivity index (χ4v) is 2.03. The van der Waals surface area contributed by atoms with E-state index in [1.54, 1.807) is 0 Å². The Kier molecular flexibility index (Phi) is 1.43. The summed E-state index contributed by atoms with van der Waals surface area (Å²) < 4.78 is 66.9. The van der Waals surface area contributed by atoms with Crippen molar-refractivity contribution in [3.05, 3.63) is 24.6 Å². The van der Waals surface area contributed by atoms with Crippen molar-refractivity contribution in [1.29, 1.82) is 0 Å². The van der Waals surface area contributed by atoms with Crippen molar-refractivity contribution in [2.24, 2.45) is 0 Å². The van der Waals surface area contributed by atoms with Crippen LogP contribution in [-0.4, -0.2) is 4.98 Å². The van der Waals surface area contributed by atoms with Crippen LogP contribution >= 0.6 is 10.2 Å². The van der Waals surface area contributed by atoms with E-state index in [9.17, 15) is 19.4 Å². The van der Waals surface area contributed by atoms with Crippen LogP contribution in [0, 0.1) is 0 Å². The van der Waals surface area contributed by atoms with Crippen molar-refractivity contribution in [3.63, 3.8) is 0 Å². The predicted molar refractivity (Wildman–Crippen MR) is 45.4 cm³/mol. The first-order chi connectivity index (χ1) is 6.58. The predicted octanol–water partition coefficient (Wildman–Crippen LogP) is 4.49. The van der Waals surface area contributed by atoms with Crippen molar-refractivity contribution >= 4 is 21.3 Å². The number of rotatable bonds is 1. The van der Waals surface area contributed by atoms with Gasteiger partial charge in [-0.05, 0) is 12.1 Å². The number of benzene rings is 1. The average Bonchev–Trinajstić information content (AvgIpc) is 2.45. The molecule has 1 aromatic heterocycles. The number of hydrogen-bond donors (Lipinski definition) is 0. The fraction of sp³-hybridized carbons (Fsp3) is 0. The zero-order chi connectivity index (χ0) is 11.4. The lowest BCUT2D eigenvalue weighted by atomic mass is 10.3. The molecule has 0 amide bonds. The molecular formula is C7H4F5NOS. The Bertz CT molecular complexity index is 530. The van der Waals surface area contributed by atoms with Gasteiger partial charge < -0.3 is 4.42 Å². The molecule has 2 nitrogen and oxygen atoms in total. The Labute approximate surface area is 80.4 Å². The smallest absolute Gasteiger partial charge is 0.312 e. The quantitative estimate of drug-likeness (QED) is 0.692. The third-order valence-electron chi connectivity index (χ3n) is 1.74. The van der Waals surface area contributed by atoms with Gasteiger partial charge in [0.1, 0.15) is 10.4 Å². The molecule has 0 aliphatic carbocycles. The highest BCUT2D eigenvalue weighted by Crippen LogP contribution is 3.02. The Morgan fingerprint density at radius 3 is 2.33 bits per heavy atom. The maximum atomic E-state index is 12.5. The normalized spacial score (nSPS) is 17.4. The van der Waals surface area contributed by atoms with E-state index in [1.165, 1.54) is 0 Å². The average molecular weight is 245 g/mol. The second-order valence-electron chi connectivity index (χ2n) is 2.92. The Morgan fingerprint density at radius 2 is 1.73 bits per heavy atom. The summed E-state index contributed by atoms with van der Waals surface area (Å²) in [4.78, 5) is 1.13. The zero-order valence-electron chi connectivity index (χ0n) is 6.96.